The number of para-hydroxylation sites is 1. The van der Waals surface area contributed by atoms with Crippen molar-refractivity contribution in [3.8, 4) is 11.3 Å². The number of amides is 1. The predicted molar refractivity (Wildman–Crippen MR) is 123 cm³/mol. The molecule has 0 unspecified atom stereocenters. The van der Waals surface area contributed by atoms with E-state index in [0.29, 0.717) is 37.6 Å². The molecule has 1 aliphatic rings. The number of nitro benzene ring substituents is 1. The molecule has 1 aliphatic heterocycles. The largest absolute Gasteiger partial charge is 0.456 e. The van der Waals surface area contributed by atoms with Gasteiger partial charge in [0.05, 0.1) is 21.1 Å². The fourth-order valence-electron chi connectivity index (χ4n) is 3.08. The van der Waals surface area contributed by atoms with Gasteiger partial charge in [-0.15, -0.1) is 0 Å². The third-order valence-corrected chi connectivity index (χ3v) is 5.89. The standard InChI is InChI=1S/C22H14N2O5S2/c1-13(25)14-6-8-15(9-7-14)23-21(26)20(31-22(23)30)12-16-10-11-19(29-16)17-4-2-3-5-18(17)24(27)28/h2-12H,1H3/b20-12+. The van der Waals surface area contributed by atoms with Gasteiger partial charge in [-0.05, 0) is 49.4 Å². The molecule has 0 aliphatic carbocycles. The number of carbonyl (C=O) groups is 2. The lowest BCUT2D eigenvalue weighted by Crippen LogP contribution is -2.27. The van der Waals surface area contributed by atoms with Crippen molar-refractivity contribution >= 4 is 57.4 Å². The first-order chi connectivity index (χ1) is 14.8. The van der Waals surface area contributed by atoms with Crippen LogP contribution in [0, 0.1) is 10.1 Å². The number of thioether (sulfide) groups is 1. The lowest BCUT2D eigenvalue weighted by molar-refractivity contribution is -0.384. The van der Waals surface area contributed by atoms with Crippen LogP contribution in [0.5, 0.6) is 0 Å². The molecule has 2 heterocycles. The molecular formula is C22H14N2O5S2. The van der Waals surface area contributed by atoms with Crippen molar-refractivity contribution < 1.29 is 18.9 Å². The van der Waals surface area contributed by atoms with Crippen LogP contribution in [0.4, 0.5) is 11.4 Å². The van der Waals surface area contributed by atoms with Crippen LogP contribution in [-0.2, 0) is 4.79 Å². The SMILES string of the molecule is CC(=O)c1ccc(N2C(=O)/C(=C\c3ccc(-c4ccccc4[N+](=O)[O-])o3)SC2=S)cc1. The second kappa shape index (κ2) is 8.29. The van der Waals surface area contributed by atoms with E-state index in [9.17, 15) is 19.7 Å². The molecule has 0 saturated carbocycles. The number of ketones is 1. The summed E-state index contributed by atoms with van der Waals surface area (Å²) in [4.78, 5) is 36.9. The summed E-state index contributed by atoms with van der Waals surface area (Å²) < 4.78 is 6.10. The second-order valence-electron chi connectivity index (χ2n) is 6.60. The lowest BCUT2D eigenvalue weighted by Gasteiger charge is -2.14. The Kier molecular flexibility index (Phi) is 5.53. The van der Waals surface area contributed by atoms with Gasteiger partial charge in [0.15, 0.2) is 10.1 Å². The number of hydrogen-bond acceptors (Lipinski definition) is 7. The molecule has 154 valence electrons. The predicted octanol–water partition coefficient (Wildman–Crippen LogP) is 5.46. The highest BCUT2D eigenvalue weighted by molar-refractivity contribution is 8.27. The molecule has 3 aromatic rings. The van der Waals surface area contributed by atoms with Gasteiger partial charge in [0.25, 0.3) is 11.6 Å². The van der Waals surface area contributed by atoms with Gasteiger partial charge in [-0.1, -0.05) is 36.1 Å². The van der Waals surface area contributed by atoms with Crippen LogP contribution in [0.15, 0.2) is 70.0 Å². The van der Waals surface area contributed by atoms with E-state index in [0.717, 1.165) is 11.8 Å². The minimum Gasteiger partial charge on any atom is -0.456 e. The smallest absolute Gasteiger partial charge is 0.280 e. The molecular weight excluding hydrogens is 436 g/mol. The molecule has 31 heavy (non-hydrogen) atoms. The average Bonchev–Trinajstić information content (AvgIpc) is 3.32. The Bertz CT molecular complexity index is 1260. The van der Waals surface area contributed by atoms with Gasteiger partial charge in [0, 0.05) is 17.7 Å². The van der Waals surface area contributed by atoms with E-state index >= 15 is 0 Å². The molecule has 0 radical (unpaired) electrons. The third-order valence-electron chi connectivity index (χ3n) is 4.59. The van der Waals surface area contributed by atoms with Crippen molar-refractivity contribution in [2.24, 2.45) is 0 Å². The van der Waals surface area contributed by atoms with Crippen LogP contribution < -0.4 is 4.90 Å². The van der Waals surface area contributed by atoms with Gasteiger partial charge in [0.1, 0.15) is 11.5 Å². The van der Waals surface area contributed by atoms with Crippen molar-refractivity contribution in [1.29, 1.82) is 0 Å². The minimum atomic E-state index is -0.472. The van der Waals surface area contributed by atoms with E-state index in [1.54, 1.807) is 60.7 Å². The Hall–Kier alpha value is -3.56. The first kappa shape index (κ1) is 20.7. The van der Waals surface area contributed by atoms with Crippen molar-refractivity contribution in [2.45, 2.75) is 6.92 Å². The summed E-state index contributed by atoms with van der Waals surface area (Å²) in [5.74, 6) is 0.327. The van der Waals surface area contributed by atoms with Crippen LogP contribution in [0.2, 0.25) is 0 Å². The summed E-state index contributed by atoms with van der Waals surface area (Å²) in [7, 11) is 0. The molecule has 0 bridgehead atoms. The molecule has 1 amide bonds. The maximum atomic E-state index is 12.9. The number of furan rings is 1. The van der Waals surface area contributed by atoms with Crippen LogP contribution in [0.25, 0.3) is 17.4 Å². The molecule has 1 aromatic heterocycles. The zero-order valence-corrected chi connectivity index (χ0v) is 17.7. The Balaban J connectivity index is 1.61. The van der Waals surface area contributed by atoms with Crippen molar-refractivity contribution in [1.82, 2.24) is 0 Å². The van der Waals surface area contributed by atoms with E-state index in [4.69, 9.17) is 16.6 Å². The lowest BCUT2D eigenvalue weighted by atomic mass is 10.1. The monoisotopic (exact) mass is 450 g/mol. The van der Waals surface area contributed by atoms with Gasteiger partial charge in [-0.25, -0.2) is 0 Å². The molecule has 9 heteroatoms. The Labute approximate surface area is 186 Å². The van der Waals surface area contributed by atoms with Gasteiger partial charge >= 0.3 is 0 Å². The number of rotatable bonds is 5. The highest BCUT2D eigenvalue weighted by Crippen LogP contribution is 2.37. The third kappa shape index (κ3) is 4.05. The summed E-state index contributed by atoms with van der Waals surface area (Å²) >= 11 is 6.49. The first-order valence-corrected chi connectivity index (χ1v) is 10.3. The molecule has 1 saturated heterocycles. The number of benzene rings is 2. The fraction of sp³-hybridized carbons (Fsp3) is 0.0455. The topological polar surface area (TPSA) is 93.7 Å². The average molecular weight is 450 g/mol. The maximum Gasteiger partial charge on any atom is 0.280 e. The van der Waals surface area contributed by atoms with Crippen LogP contribution in [0.1, 0.15) is 23.0 Å². The summed E-state index contributed by atoms with van der Waals surface area (Å²) in [6.45, 7) is 1.47. The Morgan fingerprint density at radius 1 is 1.13 bits per heavy atom. The van der Waals surface area contributed by atoms with Crippen LogP contribution in [0.3, 0.4) is 0 Å². The van der Waals surface area contributed by atoms with Gasteiger partial charge in [0.2, 0.25) is 0 Å². The zero-order valence-electron chi connectivity index (χ0n) is 16.1. The maximum absolute atomic E-state index is 12.9. The highest BCUT2D eigenvalue weighted by Gasteiger charge is 2.33. The summed E-state index contributed by atoms with van der Waals surface area (Å²) in [6.07, 6.45) is 1.56. The normalized spacial score (nSPS) is 15.0. The summed E-state index contributed by atoms with van der Waals surface area (Å²) in [6, 6.07) is 16.2. The van der Waals surface area contributed by atoms with E-state index in [1.165, 1.54) is 17.9 Å². The number of thiocarbonyl (C=S) groups is 1. The Morgan fingerprint density at radius 2 is 1.84 bits per heavy atom. The van der Waals surface area contributed by atoms with Crippen molar-refractivity contribution in [3.05, 3.63) is 87.0 Å². The van der Waals surface area contributed by atoms with E-state index in [-0.39, 0.29) is 17.4 Å². The highest BCUT2D eigenvalue weighted by atomic mass is 32.2. The number of carbonyl (C=O) groups excluding carboxylic acids is 2. The zero-order chi connectivity index (χ0) is 22.1. The number of nitrogens with zero attached hydrogens (tertiary/aromatic N) is 2. The molecule has 7 nitrogen and oxygen atoms in total. The molecule has 0 spiro atoms. The van der Waals surface area contributed by atoms with Crippen LogP contribution >= 0.6 is 24.0 Å². The second-order valence-corrected chi connectivity index (χ2v) is 8.27. The summed E-state index contributed by atoms with van der Waals surface area (Å²) in [5.41, 5.74) is 1.40. The minimum absolute atomic E-state index is 0.0656. The molecule has 4 rings (SSSR count). The van der Waals surface area contributed by atoms with E-state index in [2.05, 4.69) is 0 Å². The van der Waals surface area contributed by atoms with Crippen molar-refractivity contribution in [3.63, 3.8) is 0 Å². The van der Waals surface area contributed by atoms with Crippen molar-refractivity contribution in [2.75, 3.05) is 4.90 Å². The van der Waals surface area contributed by atoms with Gasteiger partial charge < -0.3 is 4.42 Å². The summed E-state index contributed by atoms with van der Waals surface area (Å²) in [5, 5.41) is 11.3. The molecule has 2 aromatic carbocycles. The molecule has 0 N–H and O–H groups in total. The van der Waals surface area contributed by atoms with E-state index < -0.39 is 4.92 Å². The quantitative estimate of drug-likeness (QED) is 0.167. The first-order valence-electron chi connectivity index (χ1n) is 9.08. The van der Waals surface area contributed by atoms with Gasteiger partial charge in [-0.2, -0.15) is 0 Å². The number of Topliss-reactive ketones (excluding diaryl/α,β-unsaturated/α-hetero) is 1. The number of nitro groups is 1. The fourth-order valence-corrected chi connectivity index (χ4v) is 4.36. The Morgan fingerprint density at radius 3 is 2.52 bits per heavy atom. The van der Waals surface area contributed by atoms with Crippen LogP contribution in [-0.4, -0.2) is 20.9 Å². The van der Waals surface area contributed by atoms with E-state index in [1.807, 2.05) is 0 Å². The number of hydrogen-bond donors (Lipinski definition) is 0. The molecule has 1 fully saturated rings. The van der Waals surface area contributed by atoms with Gasteiger partial charge in [-0.3, -0.25) is 24.6 Å². The number of anilines is 1. The molecule has 0 atom stereocenters.